The molecule has 0 aliphatic carbocycles. The van der Waals surface area contributed by atoms with Gasteiger partial charge in [-0.3, -0.25) is 9.59 Å². The molecule has 1 unspecified atom stereocenters. The summed E-state index contributed by atoms with van der Waals surface area (Å²) in [6.45, 7) is 5.73. The van der Waals surface area contributed by atoms with Gasteiger partial charge in [0.2, 0.25) is 5.91 Å². The Kier molecular flexibility index (Phi) is 4.39. The maximum atomic E-state index is 12.6. The van der Waals surface area contributed by atoms with Gasteiger partial charge < -0.3 is 15.5 Å². The van der Waals surface area contributed by atoms with Crippen LogP contribution in [0.3, 0.4) is 0 Å². The van der Waals surface area contributed by atoms with Crippen molar-refractivity contribution >= 4 is 11.8 Å². The zero-order chi connectivity index (χ0) is 16.4. The first-order chi connectivity index (χ1) is 11.0. The Balaban J connectivity index is 1.63. The van der Waals surface area contributed by atoms with Crippen molar-refractivity contribution in [3.05, 3.63) is 35.4 Å². The van der Waals surface area contributed by atoms with Crippen molar-refractivity contribution in [3.63, 3.8) is 0 Å². The highest BCUT2D eigenvalue weighted by molar-refractivity contribution is 5.94. The highest BCUT2D eigenvalue weighted by Gasteiger charge is 2.35. The number of nitrogens with two attached hydrogens (primary N) is 1. The minimum absolute atomic E-state index is 0.0473. The van der Waals surface area contributed by atoms with E-state index in [1.807, 2.05) is 34.1 Å². The molecule has 2 saturated heterocycles. The van der Waals surface area contributed by atoms with E-state index in [0.717, 1.165) is 38.0 Å². The molecule has 2 amide bonds. The normalized spacial score (nSPS) is 24.5. The van der Waals surface area contributed by atoms with E-state index in [9.17, 15) is 9.59 Å². The number of amides is 2. The Morgan fingerprint density at radius 3 is 2.57 bits per heavy atom. The number of hydrogen-bond donors (Lipinski definition) is 1. The number of carbonyl (C=O) groups is 2. The largest absolute Gasteiger partial charge is 0.338 e. The quantitative estimate of drug-likeness (QED) is 0.918. The number of rotatable bonds is 4. The summed E-state index contributed by atoms with van der Waals surface area (Å²) in [5.41, 5.74) is 7.64. The van der Waals surface area contributed by atoms with Crippen LogP contribution in [0.25, 0.3) is 0 Å². The molecule has 2 aliphatic rings. The molecule has 23 heavy (non-hydrogen) atoms. The van der Waals surface area contributed by atoms with E-state index in [0.29, 0.717) is 25.1 Å². The van der Waals surface area contributed by atoms with Gasteiger partial charge in [-0.25, -0.2) is 0 Å². The number of benzene rings is 1. The molecule has 0 saturated carbocycles. The fourth-order valence-electron chi connectivity index (χ4n) is 3.39. The molecule has 2 aliphatic heterocycles. The van der Waals surface area contributed by atoms with Crippen LogP contribution in [0.15, 0.2) is 24.3 Å². The third kappa shape index (κ3) is 3.39. The molecule has 0 radical (unpaired) electrons. The molecule has 3 rings (SSSR count). The maximum absolute atomic E-state index is 12.6. The van der Waals surface area contributed by atoms with Crippen LogP contribution in [0.1, 0.15) is 42.1 Å². The highest BCUT2D eigenvalue weighted by atomic mass is 16.2. The van der Waals surface area contributed by atoms with Gasteiger partial charge in [0.1, 0.15) is 0 Å². The summed E-state index contributed by atoms with van der Waals surface area (Å²) in [5, 5.41) is 0. The van der Waals surface area contributed by atoms with Gasteiger partial charge in [0.15, 0.2) is 0 Å². The number of hydrogen-bond acceptors (Lipinski definition) is 3. The van der Waals surface area contributed by atoms with Crippen LogP contribution in [-0.2, 0) is 11.3 Å². The van der Waals surface area contributed by atoms with Gasteiger partial charge in [-0.2, -0.15) is 0 Å². The van der Waals surface area contributed by atoms with Crippen molar-refractivity contribution in [2.24, 2.45) is 11.1 Å². The van der Waals surface area contributed by atoms with Crippen LogP contribution in [0.4, 0.5) is 0 Å². The highest BCUT2D eigenvalue weighted by Crippen LogP contribution is 2.29. The molecular formula is C18H25N3O2. The summed E-state index contributed by atoms with van der Waals surface area (Å²) in [6.07, 6.45) is 2.57. The van der Waals surface area contributed by atoms with Gasteiger partial charge in [0.25, 0.3) is 5.91 Å². The standard InChI is InChI=1S/C18H25N3O2/c1-18(12-19)8-10-21(13-18)17(23)15-6-4-14(5-7-15)11-20-9-2-3-16(20)22/h4-7H,2-3,8-13,19H2,1H3. The van der Waals surface area contributed by atoms with Crippen molar-refractivity contribution in [2.75, 3.05) is 26.2 Å². The van der Waals surface area contributed by atoms with E-state index in [1.54, 1.807) is 0 Å². The molecule has 0 bridgehead atoms. The first kappa shape index (κ1) is 16.0. The van der Waals surface area contributed by atoms with E-state index in [-0.39, 0.29) is 17.2 Å². The zero-order valence-electron chi connectivity index (χ0n) is 13.8. The Labute approximate surface area is 137 Å². The van der Waals surface area contributed by atoms with E-state index >= 15 is 0 Å². The fourth-order valence-corrected chi connectivity index (χ4v) is 3.39. The van der Waals surface area contributed by atoms with Crippen molar-refractivity contribution in [1.29, 1.82) is 0 Å². The Morgan fingerprint density at radius 1 is 1.26 bits per heavy atom. The second kappa shape index (κ2) is 6.32. The summed E-state index contributed by atoms with van der Waals surface area (Å²) in [6, 6.07) is 7.65. The molecule has 1 atom stereocenters. The van der Waals surface area contributed by atoms with Crippen molar-refractivity contribution in [2.45, 2.75) is 32.7 Å². The molecule has 1 aromatic carbocycles. The minimum atomic E-state index is 0.0473. The second-order valence-corrected chi connectivity index (χ2v) is 7.11. The lowest BCUT2D eigenvalue weighted by Crippen LogP contribution is -2.34. The van der Waals surface area contributed by atoms with Crippen LogP contribution in [0.5, 0.6) is 0 Å². The van der Waals surface area contributed by atoms with E-state index in [4.69, 9.17) is 5.73 Å². The molecular weight excluding hydrogens is 290 g/mol. The Hall–Kier alpha value is -1.88. The maximum Gasteiger partial charge on any atom is 0.253 e. The molecule has 1 aromatic rings. The summed E-state index contributed by atoms with van der Waals surface area (Å²) in [4.78, 5) is 28.0. The summed E-state index contributed by atoms with van der Waals surface area (Å²) < 4.78 is 0. The Bertz CT molecular complexity index is 599. The summed E-state index contributed by atoms with van der Waals surface area (Å²) in [5.74, 6) is 0.300. The fraction of sp³-hybridized carbons (Fsp3) is 0.556. The average molecular weight is 315 g/mol. The number of likely N-dealkylation sites (tertiary alicyclic amines) is 2. The first-order valence-corrected chi connectivity index (χ1v) is 8.37. The lowest BCUT2D eigenvalue weighted by atomic mass is 9.90. The smallest absolute Gasteiger partial charge is 0.253 e. The van der Waals surface area contributed by atoms with Crippen LogP contribution in [0.2, 0.25) is 0 Å². The SMILES string of the molecule is CC1(CN)CCN(C(=O)c2ccc(CN3CCCC3=O)cc2)C1. The minimum Gasteiger partial charge on any atom is -0.338 e. The molecule has 2 N–H and O–H groups in total. The van der Waals surface area contributed by atoms with Crippen LogP contribution >= 0.6 is 0 Å². The lowest BCUT2D eigenvalue weighted by molar-refractivity contribution is -0.128. The van der Waals surface area contributed by atoms with Gasteiger partial charge in [0.05, 0.1) is 0 Å². The molecule has 124 valence electrons. The molecule has 2 fully saturated rings. The van der Waals surface area contributed by atoms with Gasteiger partial charge in [-0.15, -0.1) is 0 Å². The molecule has 5 heteroatoms. The van der Waals surface area contributed by atoms with Crippen LogP contribution in [0, 0.1) is 5.41 Å². The lowest BCUT2D eigenvalue weighted by Gasteiger charge is -2.22. The van der Waals surface area contributed by atoms with E-state index < -0.39 is 0 Å². The van der Waals surface area contributed by atoms with Crippen molar-refractivity contribution in [1.82, 2.24) is 9.80 Å². The molecule has 5 nitrogen and oxygen atoms in total. The monoisotopic (exact) mass is 315 g/mol. The van der Waals surface area contributed by atoms with Gasteiger partial charge in [-0.1, -0.05) is 19.1 Å². The van der Waals surface area contributed by atoms with Crippen LogP contribution in [-0.4, -0.2) is 47.8 Å². The van der Waals surface area contributed by atoms with E-state index in [2.05, 4.69) is 6.92 Å². The molecule has 0 spiro atoms. The number of carbonyl (C=O) groups excluding carboxylic acids is 2. The molecule has 0 aromatic heterocycles. The van der Waals surface area contributed by atoms with Crippen molar-refractivity contribution in [3.8, 4) is 0 Å². The average Bonchev–Trinajstić information content (AvgIpc) is 3.15. The number of nitrogens with zero attached hydrogens (tertiary/aromatic N) is 2. The predicted octanol–water partition coefficient (Wildman–Crippen LogP) is 1.62. The summed E-state index contributed by atoms with van der Waals surface area (Å²) >= 11 is 0. The second-order valence-electron chi connectivity index (χ2n) is 7.11. The predicted molar refractivity (Wildman–Crippen MR) is 88.8 cm³/mol. The first-order valence-electron chi connectivity index (χ1n) is 8.37. The van der Waals surface area contributed by atoms with Gasteiger partial charge in [0, 0.05) is 38.2 Å². The third-order valence-electron chi connectivity index (χ3n) is 5.08. The van der Waals surface area contributed by atoms with Crippen LogP contribution < -0.4 is 5.73 Å². The summed E-state index contributed by atoms with van der Waals surface area (Å²) in [7, 11) is 0. The van der Waals surface area contributed by atoms with Gasteiger partial charge >= 0.3 is 0 Å². The third-order valence-corrected chi connectivity index (χ3v) is 5.08. The van der Waals surface area contributed by atoms with E-state index in [1.165, 1.54) is 0 Å². The molecule has 2 heterocycles. The van der Waals surface area contributed by atoms with Gasteiger partial charge in [-0.05, 0) is 42.5 Å². The topological polar surface area (TPSA) is 66.6 Å². The Morgan fingerprint density at radius 2 is 2.00 bits per heavy atom. The zero-order valence-corrected chi connectivity index (χ0v) is 13.8. The van der Waals surface area contributed by atoms with Crippen molar-refractivity contribution < 1.29 is 9.59 Å².